The molecular formula is C16H29Cl3N6O2. The molecule has 2 aliphatic rings. The van der Waals surface area contributed by atoms with Crippen LogP contribution in [0.25, 0.3) is 0 Å². The van der Waals surface area contributed by atoms with Crippen molar-refractivity contribution in [3.8, 4) is 0 Å². The fraction of sp³-hybridized carbons (Fsp3) is 0.688. The standard InChI is InChI=1S/C16H26N6O2.3ClH/c23-15(14-13-24-12-6-17-14)18-5-2-7-21-8-10-22(11-9-21)16-19-3-1-4-20-16;;;/h1,3-4,14,17H,2,5-13H2,(H,18,23);3*1H. The minimum atomic E-state index is -0.201. The van der Waals surface area contributed by atoms with Gasteiger partial charge in [-0.05, 0) is 19.0 Å². The number of halogens is 3. The van der Waals surface area contributed by atoms with E-state index in [-0.39, 0.29) is 49.2 Å². The number of hydrogen-bond donors (Lipinski definition) is 2. The first-order chi connectivity index (χ1) is 11.8. The Balaban J connectivity index is 0.00000225. The van der Waals surface area contributed by atoms with Crippen molar-refractivity contribution in [2.45, 2.75) is 12.5 Å². The van der Waals surface area contributed by atoms with Crippen molar-refractivity contribution in [1.29, 1.82) is 0 Å². The highest BCUT2D eigenvalue weighted by molar-refractivity contribution is 5.86. The summed E-state index contributed by atoms with van der Waals surface area (Å²) in [7, 11) is 0. The van der Waals surface area contributed by atoms with Gasteiger partial charge in [0.1, 0.15) is 6.04 Å². The molecule has 0 radical (unpaired) electrons. The van der Waals surface area contributed by atoms with Crippen LogP contribution < -0.4 is 15.5 Å². The normalized spacial score (nSPS) is 19.9. The Morgan fingerprint density at radius 3 is 2.52 bits per heavy atom. The first-order valence-corrected chi connectivity index (χ1v) is 8.66. The molecule has 1 amide bonds. The third kappa shape index (κ3) is 8.33. The number of nitrogens with zero attached hydrogens (tertiary/aromatic N) is 4. The Hall–Kier alpha value is -0.900. The molecule has 3 heterocycles. The molecule has 0 aliphatic carbocycles. The number of rotatable bonds is 6. The second kappa shape index (κ2) is 14.1. The predicted octanol–water partition coefficient (Wildman–Crippen LogP) is 0.359. The summed E-state index contributed by atoms with van der Waals surface area (Å²) in [6.45, 7) is 7.50. The van der Waals surface area contributed by atoms with Gasteiger partial charge in [-0.3, -0.25) is 9.69 Å². The van der Waals surface area contributed by atoms with Gasteiger partial charge in [0.15, 0.2) is 0 Å². The predicted molar refractivity (Wildman–Crippen MR) is 113 cm³/mol. The maximum Gasteiger partial charge on any atom is 0.239 e. The van der Waals surface area contributed by atoms with Crippen molar-refractivity contribution < 1.29 is 9.53 Å². The summed E-state index contributed by atoms with van der Waals surface area (Å²) < 4.78 is 5.30. The van der Waals surface area contributed by atoms with E-state index in [2.05, 4.69) is 30.4 Å². The van der Waals surface area contributed by atoms with Gasteiger partial charge in [-0.15, -0.1) is 37.2 Å². The lowest BCUT2D eigenvalue weighted by Crippen LogP contribution is -2.51. The molecule has 2 fully saturated rings. The van der Waals surface area contributed by atoms with E-state index in [1.807, 2.05) is 6.07 Å². The van der Waals surface area contributed by atoms with Crippen molar-refractivity contribution in [2.75, 3.05) is 63.9 Å². The van der Waals surface area contributed by atoms with E-state index in [0.29, 0.717) is 19.8 Å². The minimum Gasteiger partial charge on any atom is -0.378 e. The molecule has 8 nitrogen and oxygen atoms in total. The lowest BCUT2D eigenvalue weighted by atomic mass is 10.2. The molecule has 0 spiro atoms. The maximum atomic E-state index is 12.0. The molecule has 156 valence electrons. The number of aromatic nitrogens is 2. The highest BCUT2D eigenvalue weighted by Crippen LogP contribution is 2.09. The molecule has 2 saturated heterocycles. The number of piperazine rings is 1. The number of carbonyl (C=O) groups excluding carboxylic acids is 1. The number of anilines is 1. The van der Waals surface area contributed by atoms with E-state index in [1.54, 1.807) is 12.4 Å². The maximum absolute atomic E-state index is 12.0. The van der Waals surface area contributed by atoms with Crippen LogP contribution in [0.2, 0.25) is 0 Å². The largest absolute Gasteiger partial charge is 0.378 e. The first-order valence-electron chi connectivity index (χ1n) is 8.66. The zero-order chi connectivity index (χ0) is 16.6. The molecule has 0 aromatic carbocycles. The lowest BCUT2D eigenvalue weighted by molar-refractivity contribution is -0.125. The van der Waals surface area contributed by atoms with Gasteiger partial charge in [0.05, 0.1) is 13.2 Å². The SMILES string of the molecule is Cl.Cl.Cl.O=C(NCCCN1CCN(c2ncccn2)CC1)C1COCCN1. The third-order valence-electron chi connectivity index (χ3n) is 4.40. The smallest absolute Gasteiger partial charge is 0.239 e. The number of ether oxygens (including phenoxy) is 1. The highest BCUT2D eigenvalue weighted by atomic mass is 35.5. The molecule has 1 atom stereocenters. The number of morpholine rings is 1. The van der Waals surface area contributed by atoms with Crippen LogP contribution in [0.3, 0.4) is 0 Å². The van der Waals surface area contributed by atoms with E-state index in [9.17, 15) is 4.79 Å². The Morgan fingerprint density at radius 2 is 1.89 bits per heavy atom. The number of nitrogens with one attached hydrogen (secondary N) is 2. The van der Waals surface area contributed by atoms with Crippen LogP contribution >= 0.6 is 37.2 Å². The molecule has 1 aromatic rings. The fourth-order valence-electron chi connectivity index (χ4n) is 3.00. The van der Waals surface area contributed by atoms with Gasteiger partial charge < -0.3 is 20.3 Å². The molecule has 1 aromatic heterocycles. The van der Waals surface area contributed by atoms with Crippen LogP contribution in [0.4, 0.5) is 5.95 Å². The zero-order valence-corrected chi connectivity index (χ0v) is 17.7. The van der Waals surface area contributed by atoms with Crippen LogP contribution in [0.15, 0.2) is 18.5 Å². The highest BCUT2D eigenvalue weighted by Gasteiger charge is 2.21. The van der Waals surface area contributed by atoms with Crippen LogP contribution in [0.1, 0.15) is 6.42 Å². The summed E-state index contributed by atoms with van der Waals surface area (Å²) in [4.78, 5) is 25.2. The topological polar surface area (TPSA) is 82.6 Å². The van der Waals surface area contributed by atoms with Gasteiger partial charge in [-0.25, -0.2) is 9.97 Å². The molecule has 27 heavy (non-hydrogen) atoms. The van der Waals surface area contributed by atoms with Crippen molar-refractivity contribution in [3.05, 3.63) is 18.5 Å². The van der Waals surface area contributed by atoms with Gasteiger partial charge in [-0.2, -0.15) is 0 Å². The average molecular weight is 444 g/mol. The summed E-state index contributed by atoms with van der Waals surface area (Å²) in [5, 5.41) is 6.15. The lowest BCUT2D eigenvalue weighted by Gasteiger charge is -2.34. The molecule has 0 saturated carbocycles. The number of hydrogen-bond acceptors (Lipinski definition) is 7. The van der Waals surface area contributed by atoms with E-state index < -0.39 is 0 Å². The minimum absolute atomic E-state index is 0. The summed E-state index contributed by atoms with van der Waals surface area (Å²) in [5.41, 5.74) is 0. The molecular weight excluding hydrogens is 415 g/mol. The van der Waals surface area contributed by atoms with Gasteiger partial charge in [0, 0.05) is 51.7 Å². The van der Waals surface area contributed by atoms with E-state index >= 15 is 0 Å². The summed E-state index contributed by atoms with van der Waals surface area (Å²) in [5.74, 6) is 0.854. The van der Waals surface area contributed by atoms with Crippen LogP contribution in [0, 0.1) is 0 Å². The van der Waals surface area contributed by atoms with E-state index in [1.165, 1.54) is 0 Å². The van der Waals surface area contributed by atoms with Crippen LogP contribution in [-0.2, 0) is 9.53 Å². The Bertz CT molecular complexity index is 514. The summed E-state index contributed by atoms with van der Waals surface area (Å²) in [6, 6.07) is 1.64. The Labute approximate surface area is 179 Å². The zero-order valence-electron chi connectivity index (χ0n) is 15.2. The molecule has 11 heteroatoms. The Kier molecular flexibility index (Phi) is 13.7. The molecule has 2 aliphatic heterocycles. The van der Waals surface area contributed by atoms with Crippen molar-refractivity contribution >= 4 is 49.1 Å². The second-order valence-electron chi connectivity index (χ2n) is 6.10. The van der Waals surface area contributed by atoms with Gasteiger partial charge >= 0.3 is 0 Å². The van der Waals surface area contributed by atoms with Crippen LogP contribution in [0.5, 0.6) is 0 Å². The van der Waals surface area contributed by atoms with Crippen molar-refractivity contribution in [2.24, 2.45) is 0 Å². The number of amides is 1. The van der Waals surface area contributed by atoms with Crippen molar-refractivity contribution in [1.82, 2.24) is 25.5 Å². The van der Waals surface area contributed by atoms with Crippen molar-refractivity contribution in [3.63, 3.8) is 0 Å². The molecule has 3 rings (SSSR count). The fourth-order valence-corrected chi connectivity index (χ4v) is 3.00. The summed E-state index contributed by atoms with van der Waals surface area (Å²) in [6.07, 6.45) is 4.52. The van der Waals surface area contributed by atoms with E-state index in [0.717, 1.165) is 51.6 Å². The first kappa shape index (κ1) is 26.1. The quantitative estimate of drug-likeness (QED) is 0.614. The molecule has 0 bridgehead atoms. The summed E-state index contributed by atoms with van der Waals surface area (Å²) >= 11 is 0. The second-order valence-corrected chi connectivity index (χ2v) is 6.10. The third-order valence-corrected chi connectivity index (χ3v) is 4.40. The number of carbonyl (C=O) groups is 1. The monoisotopic (exact) mass is 442 g/mol. The Morgan fingerprint density at radius 1 is 1.19 bits per heavy atom. The van der Waals surface area contributed by atoms with Gasteiger partial charge in [-0.1, -0.05) is 0 Å². The van der Waals surface area contributed by atoms with Gasteiger partial charge in [0.25, 0.3) is 0 Å². The average Bonchev–Trinajstić information content (AvgIpc) is 2.67. The van der Waals surface area contributed by atoms with Crippen LogP contribution in [-0.4, -0.2) is 85.8 Å². The molecule has 2 N–H and O–H groups in total. The molecule has 1 unspecified atom stereocenters. The van der Waals surface area contributed by atoms with E-state index in [4.69, 9.17) is 4.74 Å². The van der Waals surface area contributed by atoms with Gasteiger partial charge in [0.2, 0.25) is 11.9 Å².